The van der Waals surface area contributed by atoms with Crippen molar-refractivity contribution in [3.63, 3.8) is 0 Å². The second-order valence-corrected chi connectivity index (χ2v) is 6.93. The highest BCUT2D eigenvalue weighted by Gasteiger charge is 2.19. The average molecular weight is 431 g/mol. The van der Waals surface area contributed by atoms with Crippen LogP contribution < -0.4 is 10.9 Å². The SMILES string of the molecule is O=C(COC(=O)c1nn(-c2ccccc2)c(=O)c2ccccc12)NCc1ccc(F)cc1. The molecule has 0 saturated carbocycles. The van der Waals surface area contributed by atoms with Gasteiger partial charge >= 0.3 is 5.97 Å². The second kappa shape index (κ2) is 9.22. The van der Waals surface area contributed by atoms with Gasteiger partial charge in [-0.3, -0.25) is 9.59 Å². The van der Waals surface area contributed by atoms with Crippen LogP contribution in [0.2, 0.25) is 0 Å². The first kappa shape index (κ1) is 20.9. The molecule has 32 heavy (non-hydrogen) atoms. The Hall–Kier alpha value is -4.33. The zero-order valence-corrected chi connectivity index (χ0v) is 16.8. The molecule has 0 bridgehead atoms. The Balaban J connectivity index is 1.53. The standard InChI is InChI=1S/C24H18FN3O4/c25-17-12-10-16(11-13-17)14-26-21(29)15-32-24(31)22-19-8-4-5-9-20(19)23(30)28(27-22)18-6-2-1-3-7-18/h1-13H,14-15H2,(H,26,29). The molecule has 1 amide bonds. The zero-order chi connectivity index (χ0) is 22.5. The number of nitrogens with zero attached hydrogens (tertiary/aromatic N) is 2. The summed E-state index contributed by atoms with van der Waals surface area (Å²) in [6.07, 6.45) is 0. The summed E-state index contributed by atoms with van der Waals surface area (Å²) in [5.41, 5.74) is 0.749. The van der Waals surface area contributed by atoms with Crippen molar-refractivity contribution in [1.82, 2.24) is 15.1 Å². The number of carbonyl (C=O) groups excluding carboxylic acids is 2. The third-order valence-electron chi connectivity index (χ3n) is 4.74. The van der Waals surface area contributed by atoms with Crippen LogP contribution in [-0.2, 0) is 16.1 Å². The number of hydrogen-bond donors (Lipinski definition) is 1. The molecule has 0 saturated heterocycles. The third-order valence-corrected chi connectivity index (χ3v) is 4.74. The lowest BCUT2D eigenvalue weighted by Crippen LogP contribution is -2.29. The van der Waals surface area contributed by atoms with Crippen LogP contribution in [0.1, 0.15) is 16.1 Å². The molecule has 1 N–H and O–H groups in total. The van der Waals surface area contributed by atoms with Crippen LogP contribution in [0.5, 0.6) is 0 Å². The van der Waals surface area contributed by atoms with Crippen molar-refractivity contribution in [2.24, 2.45) is 0 Å². The van der Waals surface area contributed by atoms with Crippen LogP contribution >= 0.6 is 0 Å². The summed E-state index contributed by atoms with van der Waals surface area (Å²) in [4.78, 5) is 37.7. The van der Waals surface area contributed by atoms with Gasteiger partial charge in [0, 0.05) is 11.9 Å². The zero-order valence-electron chi connectivity index (χ0n) is 16.8. The van der Waals surface area contributed by atoms with Gasteiger partial charge in [-0.25, -0.2) is 9.18 Å². The molecule has 3 aromatic carbocycles. The van der Waals surface area contributed by atoms with Crippen LogP contribution in [0.25, 0.3) is 16.5 Å². The molecular weight excluding hydrogens is 413 g/mol. The summed E-state index contributed by atoms with van der Waals surface area (Å²) in [6, 6.07) is 20.9. The van der Waals surface area contributed by atoms with Gasteiger partial charge in [-0.05, 0) is 35.9 Å². The number of para-hydroxylation sites is 1. The van der Waals surface area contributed by atoms with Crippen LogP contribution in [0.3, 0.4) is 0 Å². The van der Waals surface area contributed by atoms with Gasteiger partial charge < -0.3 is 10.1 Å². The van der Waals surface area contributed by atoms with Gasteiger partial charge in [0.05, 0.1) is 11.1 Å². The fourth-order valence-corrected chi connectivity index (χ4v) is 3.14. The molecule has 160 valence electrons. The molecule has 4 rings (SSSR count). The monoisotopic (exact) mass is 431 g/mol. The number of esters is 1. The lowest BCUT2D eigenvalue weighted by atomic mass is 10.1. The molecule has 0 aliphatic carbocycles. The summed E-state index contributed by atoms with van der Waals surface area (Å²) in [7, 11) is 0. The van der Waals surface area contributed by atoms with E-state index in [1.54, 1.807) is 66.7 Å². The van der Waals surface area contributed by atoms with Crippen molar-refractivity contribution in [1.29, 1.82) is 0 Å². The Bertz CT molecular complexity index is 1340. The van der Waals surface area contributed by atoms with Crippen molar-refractivity contribution in [2.75, 3.05) is 6.61 Å². The van der Waals surface area contributed by atoms with Crippen molar-refractivity contribution in [3.8, 4) is 5.69 Å². The van der Waals surface area contributed by atoms with E-state index >= 15 is 0 Å². The van der Waals surface area contributed by atoms with Crippen LogP contribution in [0.15, 0.2) is 83.7 Å². The molecule has 0 atom stereocenters. The van der Waals surface area contributed by atoms with E-state index in [0.29, 0.717) is 22.0 Å². The predicted octanol–water partition coefficient (Wildman–Crippen LogP) is 3.00. The Labute approximate surface area is 182 Å². The summed E-state index contributed by atoms with van der Waals surface area (Å²) in [5.74, 6) is -1.73. The van der Waals surface area contributed by atoms with Gasteiger partial charge in [0.1, 0.15) is 5.82 Å². The molecule has 0 unspecified atom stereocenters. The highest BCUT2D eigenvalue weighted by Crippen LogP contribution is 2.16. The van der Waals surface area contributed by atoms with E-state index in [4.69, 9.17) is 4.74 Å². The second-order valence-electron chi connectivity index (χ2n) is 6.93. The number of hydrogen-bond acceptors (Lipinski definition) is 5. The Morgan fingerprint density at radius 1 is 0.906 bits per heavy atom. The topological polar surface area (TPSA) is 90.3 Å². The molecule has 0 aliphatic rings. The number of ether oxygens (including phenoxy) is 1. The minimum atomic E-state index is -0.831. The number of aromatic nitrogens is 2. The fourth-order valence-electron chi connectivity index (χ4n) is 3.14. The predicted molar refractivity (Wildman–Crippen MR) is 116 cm³/mol. The maximum atomic E-state index is 13.0. The summed E-state index contributed by atoms with van der Waals surface area (Å²) >= 11 is 0. The number of carbonyl (C=O) groups is 2. The van der Waals surface area contributed by atoms with Gasteiger partial charge in [-0.15, -0.1) is 0 Å². The Morgan fingerprint density at radius 2 is 1.56 bits per heavy atom. The first-order chi connectivity index (χ1) is 15.5. The number of halogens is 1. The van der Waals surface area contributed by atoms with Gasteiger partial charge in [-0.2, -0.15) is 9.78 Å². The van der Waals surface area contributed by atoms with Crippen molar-refractivity contribution >= 4 is 22.6 Å². The molecule has 0 spiro atoms. The van der Waals surface area contributed by atoms with Crippen LogP contribution in [-0.4, -0.2) is 28.3 Å². The van der Waals surface area contributed by atoms with Crippen molar-refractivity contribution < 1.29 is 18.7 Å². The quantitative estimate of drug-likeness (QED) is 0.474. The van der Waals surface area contributed by atoms with Crippen molar-refractivity contribution in [2.45, 2.75) is 6.54 Å². The van der Waals surface area contributed by atoms with E-state index in [-0.39, 0.29) is 23.6 Å². The average Bonchev–Trinajstić information content (AvgIpc) is 2.83. The third kappa shape index (κ3) is 4.54. The maximum absolute atomic E-state index is 13.0. The number of rotatable bonds is 6. The molecule has 4 aromatic rings. The van der Waals surface area contributed by atoms with E-state index in [1.807, 2.05) is 0 Å². The molecule has 7 nitrogen and oxygen atoms in total. The molecule has 1 aromatic heterocycles. The number of benzene rings is 3. The summed E-state index contributed by atoms with van der Waals surface area (Å²) in [5, 5.41) is 7.45. The van der Waals surface area contributed by atoms with Gasteiger partial charge in [0.15, 0.2) is 12.3 Å². The molecule has 8 heteroatoms. The Morgan fingerprint density at radius 3 is 2.28 bits per heavy atom. The largest absolute Gasteiger partial charge is 0.451 e. The minimum Gasteiger partial charge on any atom is -0.451 e. The van der Waals surface area contributed by atoms with Crippen LogP contribution in [0.4, 0.5) is 4.39 Å². The van der Waals surface area contributed by atoms with E-state index in [0.717, 1.165) is 4.68 Å². The van der Waals surface area contributed by atoms with Crippen molar-refractivity contribution in [3.05, 3.63) is 106 Å². The molecule has 0 radical (unpaired) electrons. The van der Waals surface area contributed by atoms with Gasteiger partial charge in [0.25, 0.3) is 11.5 Å². The summed E-state index contributed by atoms with van der Waals surface area (Å²) in [6.45, 7) is -0.364. The lowest BCUT2D eigenvalue weighted by molar-refractivity contribution is -0.124. The van der Waals surface area contributed by atoms with E-state index in [9.17, 15) is 18.8 Å². The van der Waals surface area contributed by atoms with Crippen LogP contribution in [0, 0.1) is 5.82 Å². The maximum Gasteiger partial charge on any atom is 0.359 e. The fraction of sp³-hybridized carbons (Fsp3) is 0.0833. The van der Waals surface area contributed by atoms with E-state index in [2.05, 4.69) is 10.4 Å². The van der Waals surface area contributed by atoms with Gasteiger partial charge in [-0.1, -0.05) is 48.5 Å². The molecule has 0 fully saturated rings. The first-order valence-electron chi connectivity index (χ1n) is 9.79. The molecule has 1 heterocycles. The number of nitrogens with one attached hydrogen (secondary N) is 1. The molecule has 0 aliphatic heterocycles. The van der Waals surface area contributed by atoms with E-state index in [1.165, 1.54) is 12.1 Å². The lowest BCUT2D eigenvalue weighted by Gasteiger charge is -2.11. The highest BCUT2D eigenvalue weighted by molar-refractivity contribution is 6.02. The van der Waals surface area contributed by atoms with E-state index < -0.39 is 18.5 Å². The Kier molecular flexibility index (Phi) is 6.03. The summed E-state index contributed by atoms with van der Waals surface area (Å²) < 4.78 is 19.2. The highest BCUT2D eigenvalue weighted by atomic mass is 19.1. The number of amides is 1. The normalized spacial score (nSPS) is 10.7. The van der Waals surface area contributed by atoms with Gasteiger partial charge in [0.2, 0.25) is 0 Å². The number of fused-ring (bicyclic) bond motifs is 1. The smallest absolute Gasteiger partial charge is 0.359 e. The minimum absolute atomic E-state index is 0.0737. The first-order valence-corrected chi connectivity index (χ1v) is 9.79. The molecular formula is C24H18FN3O4.